The first-order valence-electron chi connectivity index (χ1n) is 9.26. The lowest BCUT2D eigenvalue weighted by Gasteiger charge is -2.13. The minimum atomic E-state index is 0.629. The molecule has 146 valence electrons. The van der Waals surface area contributed by atoms with Gasteiger partial charge >= 0.3 is 0 Å². The van der Waals surface area contributed by atoms with Crippen LogP contribution < -0.4 is 10.6 Å². The molecule has 0 saturated heterocycles. The Hall–Kier alpha value is -2.51. The molecule has 2 N–H and O–H groups in total. The Labute approximate surface area is 174 Å². The standard InChI is InChI=1S/C21H25BrN6/c1-28(2)12-4-9-24-21-26-19(17-7-10-23-11-8-17)14-20(27-21)25-15-16-5-3-6-18(22)13-16/h3,5-8,10-11,13-14H,4,9,12,15H2,1-2H3,(H2,24,25,26,27). The molecular weight excluding hydrogens is 416 g/mol. The van der Waals surface area contributed by atoms with Gasteiger partial charge in [0, 0.05) is 41.6 Å². The van der Waals surface area contributed by atoms with E-state index in [1.54, 1.807) is 12.4 Å². The summed E-state index contributed by atoms with van der Waals surface area (Å²) < 4.78 is 1.07. The van der Waals surface area contributed by atoms with Gasteiger partial charge in [0.2, 0.25) is 5.95 Å². The highest BCUT2D eigenvalue weighted by Crippen LogP contribution is 2.21. The molecule has 7 heteroatoms. The number of halogens is 1. The van der Waals surface area contributed by atoms with Gasteiger partial charge in [-0.3, -0.25) is 4.98 Å². The van der Waals surface area contributed by atoms with Gasteiger partial charge in [-0.25, -0.2) is 4.98 Å². The number of aromatic nitrogens is 3. The van der Waals surface area contributed by atoms with Crippen molar-refractivity contribution in [3.8, 4) is 11.3 Å². The van der Waals surface area contributed by atoms with Crippen LogP contribution in [0, 0.1) is 0 Å². The number of hydrogen-bond donors (Lipinski definition) is 2. The van der Waals surface area contributed by atoms with E-state index in [2.05, 4.69) is 72.6 Å². The average molecular weight is 441 g/mol. The highest BCUT2D eigenvalue weighted by molar-refractivity contribution is 9.10. The van der Waals surface area contributed by atoms with E-state index in [1.165, 1.54) is 5.56 Å². The number of benzene rings is 1. The van der Waals surface area contributed by atoms with Crippen LogP contribution in [0.15, 0.2) is 59.3 Å². The Kier molecular flexibility index (Phi) is 7.33. The van der Waals surface area contributed by atoms with Crippen molar-refractivity contribution in [3.63, 3.8) is 0 Å². The van der Waals surface area contributed by atoms with Crippen LogP contribution in [0.3, 0.4) is 0 Å². The molecule has 0 aliphatic heterocycles. The molecule has 2 aromatic heterocycles. The van der Waals surface area contributed by atoms with Crippen LogP contribution in [0.2, 0.25) is 0 Å². The lowest BCUT2D eigenvalue weighted by molar-refractivity contribution is 0.405. The Bertz CT molecular complexity index is 885. The first-order valence-corrected chi connectivity index (χ1v) is 10.1. The fourth-order valence-electron chi connectivity index (χ4n) is 2.72. The Morgan fingerprint density at radius 3 is 2.57 bits per heavy atom. The maximum atomic E-state index is 4.68. The molecule has 0 aliphatic rings. The molecule has 0 radical (unpaired) electrons. The summed E-state index contributed by atoms with van der Waals surface area (Å²) in [5.41, 5.74) is 3.06. The van der Waals surface area contributed by atoms with Gasteiger partial charge in [-0.1, -0.05) is 28.1 Å². The number of anilines is 2. The summed E-state index contributed by atoms with van der Waals surface area (Å²) in [5.74, 6) is 1.42. The summed E-state index contributed by atoms with van der Waals surface area (Å²) >= 11 is 3.51. The summed E-state index contributed by atoms with van der Waals surface area (Å²) in [6.45, 7) is 2.53. The Morgan fingerprint density at radius 2 is 1.82 bits per heavy atom. The van der Waals surface area contributed by atoms with Gasteiger partial charge in [0.25, 0.3) is 0 Å². The molecular formula is C21H25BrN6. The summed E-state index contributed by atoms with van der Waals surface area (Å²) in [4.78, 5) is 15.6. The van der Waals surface area contributed by atoms with E-state index in [0.717, 1.165) is 41.1 Å². The zero-order valence-corrected chi connectivity index (χ0v) is 17.8. The molecule has 0 atom stereocenters. The van der Waals surface area contributed by atoms with Crippen LogP contribution in [-0.4, -0.2) is 47.0 Å². The third kappa shape index (κ3) is 6.28. The van der Waals surface area contributed by atoms with Crippen LogP contribution in [0.5, 0.6) is 0 Å². The smallest absolute Gasteiger partial charge is 0.225 e. The van der Waals surface area contributed by atoms with Gasteiger partial charge in [-0.2, -0.15) is 4.98 Å². The van der Waals surface area contributed by atoms with Gasteiger partial charge in [0.15, 0.2) is 0 Å². The highest BCUT2D eigenvalue weighted by atomic mass is 79.9. The quantitative estimate of drug-likeness (QED) is 0.484. The second-order valence-electron chi connectivity index (χ2n) is 6.77. The van der Waals surface area contributed by atoms with Crippen molar-refractivity contribution in [3.05, 3.63) is 64.9 Å². The predicted molar refractivity (Wildman–Crippen MR) is 118 cm³/mol. The topological polar surface area (TPSA) is 66.0 Å². The van der Waals surface area contributed by atoms with E-state index in [4.69, 9.17) is 0 Å². The third-order valence-corrected chi connectivity index (χ3v) is 4.62. The van der Waals surface area contributed by atoms with E-state index in [9.17, 15) is 0 Å². The molecule has 28 heavy (non-hydrogen) atoms. The maximum absolute atomic E-state index is 4.68. The summed E-state index contributed by atoms with van der Waals surface area (Å²) in [6, 6.07) is 14.1. The second kappa shape index (κ2) is 10.1. The minimum Gasteiger partial charge on any atom is -0.366 e. The largest absolute Gasteiger partial charge is 0.366 e. The van der Waals surface area contributed by atoms with Crippen LogP contribution in [0.1, 0.15) is 12.0 Å². The van der Waals surface area contributed by atoms with E-state index < -0.39 is 0 Å². The van der Waals surface area contributed by atoms with Crippen molar-refractivity contribution in [2.24, 2.45) is 0 Å². The van der Waals surface area contributed by atoms with Gasteiger partial charge < -0.3 is 15.5 Å². The Balaban J connectivity index is 1.76. The fourth-order valence-corrected chi connectivity index (χ4v) is 3.17. The van der Waals surface area contributed by atoms with E-state index in [0.29, 0.717) is 12.5 Å². The van der Waals surface area contributed by atoms with Crippen molar-refractivity contribution in [2.75, 3.05) is 37.8 Å². The molecule has 0 aliphatic carbocycles. The highest BCUT2D eigenvalue weighted by Gasteiger charge is 2.07. The van der Waals surface area contributed by atoms with Crippen molar-refractivity contribution in [1.82, 2.24) is 19.9 Å². The van der Waals surface area contributed by atoms with Crippen molar-refractivity contribution >= 4 is 27.7 Å². The zero-order valence-electron chi connectivity index (χ0n) is 16.2. The molecule has 6 nitrogen and oxygen atoms in total. The summed E-state index contributed by atoms with van der Waals surface area (Å²) in [5, 5.41) is 6.76. The van der Waals surface area contributed by atoms with E-state index in [-0.39, 0.29) is 0 Å². The molecule has 2 heterocycles. The van der Waals surface area contributed by atoms with Crippen molar-refractivity contribution < 1.29 is 0 Å². The molecule has 3 rings (SSSR count). The average Bonchev–Trinajstić information content (AvgIpc) is 2.70. The van der Waals surface area contributed by atoms with Crippen molar-refractivity contribution in [1.29, 1.82) is 0 Å². The van der Waals surface area contributed by atoms with Gasteiger partial charge in [-0.05, 0) is 56.9 Å². The third-order valence-electron chi connectivity index (χ3n) is 4.13. The lowest BCUT2D eigenvalue weighted by atomic mass is 10.2. The molecule has 0 saturated carbocycles. The molecule has 1 aromatic carbocycles. The molecule has 0 amide bonds. The van der Waals surface area contributed by atoms with E-state index >= 15 is 0 Å². The number of pyridine rings is 1. The number of hydrogen-bond acceptors (Lipinski definition) is 6. The second-order valence-corrected chi connectivity index (χ2v) is 7.68. The minimum absolute atomic E-state index is 0.629. The predicted octanol–water partition coefficient (Wildman–Crippen LogP) is 4.28. The van der Waals surface area contributed by atoms with Crippen molar-refractivity contribution in [2.45, 2.75) is 13.0 Å². The number of nitrogens with zero attached hydrogens (tertiary/aromatic N) is 4. The summed E-state index contributed by atoms with van der Waals surface area (Å²) in [7, 11) is 4.15. The normalized spacial score (nSPS) is 10.9. The zero-order chi connectivity index (χ0) is 19.8. The van der Waals surface area contributed by atoms with E-state index in [1.807, 2.05) is 30.3 Å². The lowest BCUT2D eigenvalue weighted by Crippen LogP contribution is -2.17. The molecule has 0 fully saturated rings. The molecule has 0 unspecified atom stereocenters. The fraction of sp³-hybridized carbons (Fsp3) is 0.286. The Morgan fingerprint density at radius 1 is 1.00 bits per heavy atom. The molecule has 3 aromatic rings. The maximum Gasteiger partial charge on any atom is 0.225 e. The van der Waals surface area contributed by atoms with Crippen LogP contribution >= 0.6 is 15.9 Å². The van der Waals surface area contributed by atoms with Gasteiger partial charge in [0.1, 0.15) is 5.82 Å². The number of nitrogens with one attached hydrogen (secondary N) is 2. The first-order chi connectivity index (χ1) is 13.6. The summed E-state index contributed by atoms with van der Waals surface area (Å²) in [6.07, 6.45) is 4.57. The SMILES string of the molecule is CN(C)CCCNc1nc(NCc2cccc(Br)c2)cc(-c2ccncc2)n1. The monoisotopic (exact) mass is 440 g/mol. The van der Waals surface area contributed by atoms with Crippen LogP contribution in [0.4, 0.5) is 11.8 Å². The first kappa shape index (κ1) is 20.2. The number of rotatable bonds is 9. The van der Waals surface area contributed by atoms with Crippen LogP contribution in [0.25, 0.3) is 11.3 Å². The van der Waals surface area contributed by atoms with Gasteiger partial charge in [-0.15, -0.1) is 0 Å². The van der Waals surface area contributed by atoms with Crippen LogP contribution in [-0.2, 0) is 6.54 Å². The molecule has 0 spiro atoms. The molecule has 0 bridgehead atoms. The van der Waals surface area contributed by atoms with Gasteiger partial charge in [0.05, 0.1) is 5.69 Å².